The Hall–Kier alpha value is -2.16. The van der Waals surface area contributed by atoms with E-state index in [0.29, 0.717) is 29.2 Å². The van der Waals surface area contributed by atoms with Gasteiger partial charge in [-0.05, 0) is 58.6 Å². The summed E-state index contributed by atoms with van der Waals surface area (Å²) >= 11 is 0. The van der Waals surface area contributed by atoms with Crippen molar-refractivity contribution >= 4 is 11.4 Å². The maximum atomic E-state index is 6.49. The molecule has 0 atom stereocenters. The summed E-state index contributed by atoms with van der Waals surface area (Å²) in [5.74, 6) is 2.95. The molecule has 148 valence electrons. The highest BCUT2D eigenvalue weighted by Crippen LogP contribution is 2.42. The van der Waals surface area contributed by atoms with Crippen LogP contribution in [0.25, 0.3) is 0 Å². The lowest BCUT2D eigenvalue weighted by atomic mass is 9.91. The van der Waals surface area contributed by atoms with Crippen LogP contribution in [0.4, 0.5) is 11.4 Å². The van der Waals surface area contributed by atoms with Crippen molar-refractivity contribution < 1.29 is 4.74 Å². The van der Waals surface area contributed by atoms with E-state index in [1.165, 1.54) is 11.1 Å². The first-order chi connectivity index (χ1) is 12.5. The van der Waals surface area contributed by atoms with Gasteiger partial charge in [0.2, 0.25) is 0 Å². The van der Waals surface area contributed by atoms with Gasteiger partial charge in [-0.25, -0.2) is 0 Å². The summed E-state index contributed by atoms with van der Waals surface area (Å²) in [7, 11) is 0. The summed E-state index contributed by atoms with van der Waals surface area (Å²) in [6.07, 6.45) is 0. The molecule has 2 aromatic rings. The van der Waals surface area contributed by atoms with Gasteiger partial charge in [0.25, 0.3) is 0 Å². The maximum absolute atomic E-state index is 6.49. The number of nitrogens with two attached hydrogens (primary N) is 2. The molecule has 4 N–H and O–H groups in total. The van der Waals surface area contributed by atoms with E-state index in [0.717, 1.165) is 22.6 Å². The molecule has 0 radical (unpaired) electrons. The van der Waals surface area contributed by atoms with E-state index in [4.69, 9.17) is 16.2 Å². The number of nitrogen functional groups attached to an aromatic ring is 2. The van der Waals surface area contributed by atoms with Crippen LogP contribution < -0.4 is 16.2 Å². The van der Waals surface area contributed by atoms with Gasteiger partial charge in [0.15, 0.2) is 5.75 Å². The third-order valence-electron chi connectivity index (χ3n) is 5.16. The molecule has 0 aliphatic heterocycles. The summed E-state index contributed by atoms with van der Waals surface area (Å²) in [6.45, 7) is 17.3. The highest BCUT2D eigenvalue weighted by Gasteiger charge is 2.20. The fourth-order valence-corrected chi connectivity index (χ4v) is 3.41. The van der Waals surface area contributed by atoms with E-state index < -0.39 is 0 Å². The topological polar surface area (TPSA) is 61.3 Å². The zero-order valence-corrected chi connectivity index (χ0v) is 18.2. The Morgan fingerprint density at radius 1 is 0.630 bits per heavy atom. The van der Waals surface area contributed by atoms with Gasteiger partial charge in [-0.3, -0.25) is 0 Å². The Kier molecular flexibility index (Phi) is 6.46. The van der Waals surface area contributed by atoms with E-state index in [-0.39, 0.29) is 5.92 Å². The Morgan fingerprint density at radius 3 is 1.56 bits per heavy atom. The molecule has 2 rings (SSSR count). The van der Waals surface area contributed by atoms with E-state index in [9.17, 15) is 0 Å². The molecule has 0 fully saturated rings. The van der Waals surface area contributed by atoms with E-state index in [2.05, 4.69) is 73.6 Å². The summed E-state index contributed by atoms with van der Waals surface area (Å²) in [5.41, 5.74) is 19.0. The van der Waals surface area contributed by atoms with E-state index in [1.807, 2.05) is 6.07 Å². The third-order valence-corrected chi connectivity index (χ3v) is 5.16. The lowest BCUT2D eigenvalue weighted by Crippen LogP contribution is -2.08. The maximum Gasteiger partial charge on any atom is 0.151 e. The van der Waals surface area contributed by atoms with Crippen LogP contribution in [0.2, 0.25) is 0 Å². The number of anilines is 2. The molecular weight excluding hydrogens is 332 g/mol. The first-order valence-corrected chi connectivity index (χ1v) is 10.1. The lowest BCUT2D eigenvalue weighted by molar-refractivity contribution is 0.480. The molecule has 3 heteroatoms. The molecule has 2 aromatic carbocycles. The molecule has 0 saturated carbocycles. The highest BCUT2D eigenvalue weighted by molar-refractivity contribution is 5.74. The van der Waals surface area contributed by atoms with Crippen molar-refractivity contribution in [3.63, 3.8) is 0 Å². The lowest BCUT2D eigenvalue weighted by Gasteiger charge is -2.22. The van der Waals surface area contributed by atoms with Crippen LogP contribution in [-0.2, 0) is 0 Å². The Balaban J connectivity index is 2.60. The molecule has 0 aliphatic rings. The molecular formula is C24H36N2O. The Morgan fingerprint density at radius 2 is 1.15 bits per heavy atom. The van der Waals surface area contributed by atoms with Gasteiger partial charge >= 0.3 is 0 Å². The van der Waals surface area contributed by atoms with E-state index >= 15 is 0 Å². The predicted octanol–water partition coefficient (Wildman–Crippen LogP) is 7.14. The fourth-order valence-electron chi connectivity index (χ4n) is 3.41. The average molecular weight is 369 g/mol. The van der Waals surface area contributed by atoms with Crippen molar-refractivity contribution in [3.05, 3.63) is 46.5 Å². The van der Waals surface area contributed by atoms with Gasteiger partial charge in [-0.15, -0.1) is 0 Å². The van der Waals surface area contributed by atoms with Crippen LogP contribution in [0.5, 0.6) is 11.5 Å². The quantitative estimate of drug-likeness (QED) is 0.533. The molecule has 0 aliphatic carbocycles. The molecule has 27 heavy (non-hydrogen) atoms. The first-order valence-electron chi connectivity index (χ1n) is 10.1. The normalized spacial score (nSPS) is 11.9. The van der Waals surface area contributed by atoms with Crippen LogP contribution in [0.15, 0.2) is 24.3 Å². The summed E-state index contributed by atoms with van der Waals surface area (Å²) in [4.78, 5) is 0. The summed E-state index contributed by atoms with van der Waals surface area (Å²) in [6, 6.07) is 8.53. The monoisotopic (exact) mass is 368 g/mol. The molecule has 0 spiro atoms. The third kappa shape index (κ3) is 4.58. The molecule has 3 nitrogen and oxygen atoms in total. The fraction of sp³-hybridized carbons (Fsp3) is 0.500. The van der Waals surface area contributed by atoms with Crippen LogP contribution in [0.1, 0.15) is 101 Å². The molecule has 0 unspecified atom stereocenters. The SMILES string of the molecule is CC(C)c1cc(Oc2cc(C(C)C)c(N)c(C(C)C)c2N)cc(C(C)C)c1. The van der Waals surface area contributed by atoms with Gasteiger partial charge < -0.3 is 16.2 Å². The molecule has 0 amide bonds. The number of ether oxygens (including phenoxy) is 1. The van der Waals surface area contributed by atoms with Crippen molar-refractivity contribution in [1.82, 2.24) is 0 Å². The number of rotatable bonds is 6. The van der Waals surface area contributed by atoms with E-state index in [1.54, 1.807) is 0 Å². The molecule has 0 saturated heterocycles. The second kappa shape index (κ2) is 8.24. The van der Waals surface area contributed by atoms with Crippen LogP contribution in [0.3, 0.4) is 0 Å². The van der Waals surface area contributed by atoms with Crippen LogP contribution in [-0.4, -0.2) is 0 Å². The molecule has 0 aromatic heterocycles. The minimum absolute atomic E-state index is 0.235. The summed E-state index contributed by atoms with van der Waals surface area (Å²) < 4.78 is 6.35. The van der Waals surface area contributed by atoms with Gasteiger partial charge in [-0.1, -0.05) is 61.5 Å². The van der Waals surface area contributed by atoms with Gasteiger partial charge in [0.1, 0.15) is 5.75 Å². The van der Waals surface area contributed by atoms with Crippen molar-refractivity contribution in [1.29, 1.82) is 0 Å². The van der Waals surface area contributed by atoms with Crippen LogP contribution in [0, 0.1) is 0 Å². The Labute approximate surface area is 165 Å². The number of hydrogen-bond donors (Lipinski definition) is 2. The van der Waals surface area contributed by atoms with Crippen molar-refractivity contribution in [2.45, 2.75) is 79.1 Å². The smallest absolute Gasteiger partial charge is 0.151 e. The van der Waals surface area contributed by atoms with Crippen molar-refractivity contribution in [3.8, 4) is 11.5 Å². The highest BCUT2D eigenvalue weighted by atomic mass is 16.5. The standard InChI is InChI=1S/C24H36N2O/c1-13(2)17-9-18(14(3)4)11-19(10-17)27-21-12-20(15(5)6)23(25)22(16(7)8)24(21)26/h9-16H,25-26H2,1-8H3. The second-order valence-corrected chi connectivity index (χ2v) is 8.76. The zero-order chi connectivity index (χ0) is 20.5. The second-order valence-electron chi connectivity index (χ2n) is 8.76. The number of hydrogen-bond acceptors (Lipinski definition) is 3. The molecule has 0 bridgehead atoms. The van der Waals surface area contributed by atoms with Gasteiger partial charge in [-0.2, -0.15) is 0 Å². The Bertz CT molecular complexity index is 778. The van der Waals surface area contributed by atoms with Crippen molar-refractivity contribution in [2.75, 3.05) is 11.5 Å². The minimum Gasteiger partial charge on any atom is -0.455 e. The predicted molar refractivity (Wildman–Crippen MR) is 118 cm³/mol. The zero-order valence-electron chi connectivity index (χ0n) is 18.2. The largest absolute Gasteiger partial charge is 0.455 e. The minimum atomic E-state index is 0.235. The van der Waals surface area contributed by atoms with Crippen molar-refractivity contribution in [2.24, 2.45) is 0 Å². The first kappa shape index (κ1) is 21.1. The number of benzene rings is 2. The van der Waals surface area contributed by atoms with Crippen LogP contribution >= 0.6 is 0 Å². The molecule has 0 heterocycles. The van der Waals surface area contributed by atoms with Gasteiger partial charge in [0, 0.05) is 11.3 Å². The average Bonchev–Trinajstić information content (AvgIpc) is 2.56. The van der Waals surface area contributed by atoms with Gasteiger partial charge in [0.05, 0.1) is 5.69 Å². The summed E-state index contributed by atoms with van der Waals surface area (Å²) in [5, 5.41) is 0.